The maximum Gasteiger partial charge on any atom is 0.186 e. The summed E-state index contributed by atoms with van der Waals surface area (Å²) in [4.78, 5) is 1.41. The van der Waals surface area contributed by atoms with E-state index in [0.717, 1.165) is 11.8 Å². The molecule has 0 spiro atoms. The molecule has 0 aromatic heterocycles. The summed E-state index contributed by atoms with van der Waals surface area (Å²) in [5, 5.41) is 0.443. The van der Waals surface area contributed by atoms with Crippen molar-refractivity contribution < 1.29 is 4.58 Å². The molecule has 0 heterocycles. The van der Waals surface area contributed by atoms with Crippen LogP contribution < -0.4 is 0 Å². The second kappa shape index (κ2) is 10.5. The number of nitrogens with zero attached hydrogens (tertiary/aromatic N) is 1. The van der Waals surface area contributed by atoms with Crippen LogP contribution in [0.2, 0.25) is 0 Å². The van der Waals surface area contributed by atoms with Crippen molar-refractivity contribution >= 4 is 18.5 Å². The van der Waals surface area contributed by atoms with Gasteiger partial charge in [-0.15, -0.1) is 11.8 Å². The van der Waals surface area contributed by atoms with Gasteiger partial charge in [0.15, 0.2) is 12.1 Å². The molecule has 0 aliphatic heterocycles. The van der Waals surface area contributed by atoms with Gasteiger partial charge in [-0.05, 0) is 61.8 Å². The van der Waals surface area contributed by atoms with Gasteiger partial charge in [0.1, 0.15) is 6.72 Å². The van der Waals surface area contributed by atoms with Crippen LogP contribution in [0.3, 0.4) is 0 Å². The fourth-order valence-corrected chi connectivity index (χ4v) is 7.15. The molecular formula is C27H44NS+. The van der Waals surface area contributed by atoms with Crippen molar-refractivity contribution in [2.45, 2.75) is 109 Å². The third-order valence-electron chi connectivity index (χ3n) is 7.99. The summed E-state index contributed by atoms with van der Waals surface area (Å²) in [6.07, 6.45) is 24.3. The smallest absolute Gasteiger partial charge is 0.186 e. The fourth-order valence-electron chi connectivity index (χ4n) is 5.82. The van der Waals surface area contributed by atoms with Gasteiger partial charge in [0.25, 0.3) is 0 Å². The van der Waals surface area contributed by atoms with Crippen molar-refractivity contribution in [1.82, 2.24) is 0 Å². The molecule has 0 N–H and O–H groups in total. The molecule has 2 saturated carbocycles. The average molecular weight is 415 g/mol. The zero-order chi connectivity index (χ0) is 20.9. The third-order valence-corrected chi connectivity index (χ3v) is 9.33. The molecule has 3 aliphatic carbocycles. The van der Waals surface area contributed by atoms with Crippen LogP contribution in [-0.4, -0.2) is 28.6 Å². The van der Waals surface area contributed by atoms with Gasteiger partial charge in [-0.25, -0.2) is 4.58 Å². The minimum Gasteiger partial charge on any atom is -0.231 e. The lowest BCUT2D eigenvalue weighted by atomic mass is 9.73. The fraction of sp³-hybridized carbons (Fsp3) is 0.741. The molecule has 0 amide bonds. The van der Waals surface area contributed by atoms with Crippen molar-refractivity contribution in [2.24, 2.45) is 17.3 Å². The summed E-state index contributed by atoms with van der Waals surface area (Å²) in [6.45, 7) is 16.4. The quantitative estimate of drug-likeness (QED) is 0.275. The molecule has 0 aromatic carbocycles. The highest BCUT2D eigenvalue weighted by atomic mass is 32.2. The van der Waals surface area contributed by atoms with Crippen LogP contribution >= 0.6 is 11.8 Å². The van der Waals surface area contributed by atoms with Crippen molar-refractivity contribution in [3.05, 3.63) is 35.8 Å². The van der Waals surface area contributed by atoms with Crippen molar-refractivity contribution in [3.63, 3.8) is 0 Å². The number of allylic oxidation sites excluding steroid dienone is 3. The second-order valence-electron chi connectivity index (χ2n) is 10.3. The van der Waals surface area contributed by atoms with Crippen molar-refractivity contribution in [2.75, 3.05) is 0 Å². The van der Waals surface area contributed by atoms with Crippen LogP contribution in [0, 0.1) is 17.3 Å². The molecule has 3 unspecified atom stereocenters. The zero-order valence-corrected chi connectivity index (χ0v) is 20.1. The first kappa shape index (κ1) is 22.9. The molecule has 0 radical (unpaired) electrons. The maximum atomic E-state index is 4.65. The van der Waals surface area contributed by atoms with E-state index in [9.17, 15) is 0 Å². The van der Waals surface area contributed by atoms with Gasteiger partial charge in [-0.3, -0.25) is 0 Å². The topological polar surface area (TPSA) is 3.01 Å². The molecule has 3 atom stereocenters. The Morgan fingerprint density at radius 3 is 2.34 bits per heavy atom. The van der Waals surface area contributed by atoms with Gasteiger partial charge in [-0.1, -0.05) is 77.2 Å². The van der Waals surface area contributed by atoms with E-state index < -0.39 is 0 Å². The Morgan fingerprint density at radius 2 is 1.69 bits per heavy atom. The zero-order valence-electron chi connectivity index (χ0n) is 19.2. The van der Waals surface area contributed by atoms with E-state index in [1.54, 1.807) is 0 Å². The third kappa shape index (κ3) is 5.69. The number of hydrogen-bond donors (Lipinski definition) is 0. The van der Waals surface area contributed by atoms with Gasteiger partial charge in [0.2, 0.25) is 0 Å². The van der Waals surface area contributed by atoms with Crippen LogP contribution in [0.5, 0.6) is 0 Å². The molecule has 3 aliphatic rings. The van der Waals surface area contributed by atoms with Crippen molar-refractivity contribution in [1.29, 1.82) is 0 Å². The van der Waals surface area contributed by atoms with Crippen LogP contribution in [0.15, 0.2) is 35.8 Å². The Hall–Kier alpha value is -0.760. The number of hydrogen-bond acceptors (Lipinski definition) is 1. The molecule has 2 heteroatoms. The maximum absolute atomic E-state index is 4.65. The first-order valence-electron chi connectivity index (χ1n) is 12.2. The van der Waals surface area contributed by atoms with E-state index >= 15 is 0 Å². The summed E-state index contributed by atoms with van der Waals surface area (Å²) >= 11 is 2.03. The van der Waals surface area contributed by atoms with Crippen LogP contribution in [0.25, 0.3) is 0 Å². The molecule has 0 bridgehead atoms. The minimum atomic E-state index is 0.372. The summed E-state index contributed by atoms with van der Waals surface area (Å²) in [7, 11) is 0. The van der Waals surface area contributed by atoms with Gasteiger partial charge >= 0.3 is 0 Å². The molecule has 162 valence electrons. The standard InChI is InChI=1S/C27H44NS/c1-21(2)17-20-27(18-11-12-19-27)23(4)28(5)25-15-9-10-16-26(25)29-22(3)24-13-7-6-8-14-24/h9-10,15-16,21,23-26H,3,5-8,11-14,17-20H2,1-2,4H3/q+1. The van der Waals surface area contributed by atoms with E-state index in [4.69, 9.17) is 0 Å². The highest BCUT2D eigenvalue weighted by Gasteiger charge is 2.46. The number of rotatable bonds is 9. The van der Waals surface area contributed by atoms with E-state index in [1.807, 2.05) is 11.8 Å². The molecule has 3 rings (SSSR count). The summed E-state index contributed by atoms with van der Waals surface area (Å²) in [6, 6.07) is 0.896. The lowest BCUT2D eigenvalue weighted by Crippen LogP contribution is -2.46. The van der Waals surface area contributed by atoms with Crippen molar-refractivity contribution in [3.8, 4) is 0 Å². The Bertz CT molecular complexity index is 616. The molecular weight excluding hydrogens is 370 g/mol. The summed E-state index contributed by atoms with van der Waals surface area (Å²) < 4.78 is 2.47. The molecule has 1 nitrogen and oxygen atoms in total. The van der Waals surface area contributed by atoms with E-state index in [1.165, 1.54) is 75.5 Å². The van der Waals surface area contributed by atoms with Crippen LogP contribution in [0.4, 0.5) is 0 Å². The average Bonchev–Trinajstić information content (AvgIpc) is 3.22. The molecule has 2 fully saturated rings. The lowest BCUT2D eigenvalue weighted by molar-refractivity contribution is -0.595. The SMILES string of the molecule is C=C(SC1C=CC=CC1[N+](=C)C(C)C1(CCC(C)C)CCCC1)C1CCCCC1. The highest BCUT2D eigenvalue weighted by molar-refractivity contribution is 8.03. The first-order chi connectivity index (χ1) is 13.9. The predicted molar refractivity (Wildman–Crippen MR) is 131 cm³/mol. The van der Waals surface area contributed by atoms with Crippen LogP contribution in [-0.2, 0) is 0 Å². The molecule has 0 aromatic rings. The van der Waals surface area contributed by atoms with E-state index in [-0.39, 0.29) is 0 Å². The normalized spacial score (nSPS) is 28.0. The largest absolute Gasteiger partial charge is 0.231 e. The lowest BCUT2D eigenvalue weighted by Gasteiger charge is -2.36. The minimum absolute atomic E-state index is 0.372. The van der Waals surface area contributed by atoms with Gasteiger partial charge < -0.3 is 0 Å². The first-order valence-corrected chi connectivity index (χ1v) is 13.1. The highest BCUT2D eigenvalue weighted by Crippen LogP contribution is 2.47. The predicted octanol–water partition coefficient (Wildman–Crippen LogP) is 7.78. The van der Waals surface area contributed by atoms with Gasteiger partial charge in [0, 0.05) is 5.41 Å². The summed E-state index contributed by atoms with van der Waals surface area (Å²) in [5.74, 6) is 1.51. The monoisotopic (exact) mass is 414 g/mol. The Morgan fingerprint density at radius 1 is 1.03 bits per heavy atom. The molecule has 29 heavy (non-hydrogen) atoms. The molecule has 0 saturated heterocycles. The van der Waals surface area contributed by atoms with Gasteiger partial charge in [-0.2, -0.15) is 0 Å². The van der Waals surface area contributed by atoms with Gasteiger partial charge in [0.05, 0.1) is 5.25 Å². The Balaban J connectivity index is 1.68. The van der Waals surface area contributed by atoms with E-state index in [0.29, 0.717) is 22.7 Å². The summed E-state index contributed by atoms with van der Waals surface area (Å²) in [5.41, 5.74) is 0.455. The second-order valence-corrected chi connectivity index (χ2v) is 11.6. The Labute approximate surface area is 184 Å². The Kier molecular flexibility index (Phi) is 8.31. The number of thioether (sulfide) groups is 1. The van der Waals surface area contributed by atoms with Crippen LogP contribution in [0.1, 0.15) is 91.4 Å². The van der Waals surface area contributed by atoms with E-state index in [2.05, 4.69) is 62.9 Å².